The zero-order valence-electron chi connectivity index (χ0n) is 60.5. The summed E-state index contributed by atoms with van der Waals surface area (Å²) in [6, 6.07) is -16.3. The molecule has 0 aliphatic rings. The minimum absolute atomic E-state index is 0. The van der Waals surface area contributed by atoms with E-state index in [1.165, 1.54) is 20.8 Å². The second-order valence-corrected chi connectivity index (χ2v) is 25.8. The maximum Gasteiger partial charge on any atom is 0.325 e. The average Bonchev–Trinajstić information content (AvgIpc) is 0.867. The third-order valence-electron chi connectivity index (χ3n) is 15.0. The van der Waals surface area contributed by atoms with Crippen molar-refractivity contribution in [1.82, 2.24) is 63.8 Å². The van der Waals surface area contributed by atoms with E-state index < -0.39 is 199 Å². The van der Waals surface area contributed by atoms with Crippen LogP contribution in [0.5, 0.6) is 0 Å². The van der Waals surface area contributed by atoms with Gasteiger partial charge in [-0.25, -0.2) is 0 Å². The number of carbonyl (C=O) groups is 16. The van der Waals surface area contributed by atoms with Crippen LogP contribution in [0.1, 0.15) is 179 Å². The molecule has 0 saturated heterocycles. The fourth-order valence-electron chi connectivity index (χ4n) is 9.44. The smallest absolute Gasteiger partial charge is 0.325 e. The Hall–Kier alpha value is -9.37. The molecule has 103 heavy (non-hydrogen) atoms. The Morgan fingerprint density at radius 1 is 0.388 bits per heavy atom. The standard InChI is InChI=1S/C61H113N21O16.C2H4O2.CH4/c1-31(2)27-42(52(89)71-30-47(85)82-48(33(5)6)59(96)73-34(7)49(86)74-36(9)60(97)98)80-56(93)41(21-22-45(66)83)78-55(92)40(20-16-26-70-61(68)69)77-58(95)44(29-46(67)84)81-57(94)43(28-32(3)4)79-50(87)35(8)72-53(90)38(18-11-14-24-63)76-54(91)39(19-12-15-25-64)75-51(88)37(65)17-10-13-23-62;1-2(3)4;/h31-44,48H,10-30,62-65H2,1-9H3,(H2,66,83)(H2,67,84)(H,71,89)(H,72,90)(H,73,96)(H,74,86)(H,75,88)(H,76,91)(H,77,95)(H,78,92)(H,79,87)(H,80,93)(H,81,94)(H,82,85)(H,97,98)(H4,68,69,70);1H3,(H,3,4);1H4/t34-,35-,36-,37-,38-,39-,40-,41-,42-,43-,44-,48-;;/m0../s1. The van der Waals surface area contributed by atoms with Gasteiger partial charge in [-0.1, -0.05) is 55.4 Å². The summed E-state index contributed by atoms with van der Waals surface area (Å²) < 4.78 is 0. The number of carboxylic acid groups (broad SMARTS) is 2. The fraction of sp³-hybridized carbons (Fsp3) is 0.734. The first kappa shape index (κ1) is 97.8. The van der Waals surface area contributed by atoms with Gasteiger partial charge in [0, 0.05) is 19.9 Å². The molecular formula is C64H121N21O18. The van der Waals surface area contributed by atoms with Gasteiger partial charge in [0.1, 0.15) is 66.5 Å². The van der Waals surface area contributed by atoms with Crippen LogP contribution in [0.25, 0.3) is 0 Å². The van der Waals surface area contributed by atoms with Crippen molar-refractivity contribution in [2.24, 2.45) is 68.6 Å². The van der Waals surface area contributed by atoms with Crippen molar-refractivity contribution < 1.29 is 86.9 Å². The number of unbranched alkanes of at least 4 members (excludes halogenated alkanes) is 3. The van der Waals surface area contributed by atoms with Gasteiger partial charge in [0.25, 0.3) is 5.97 Å². The summed E-state index contributed by atoms with van der Waals surface area (Å²) in [6.07, 6.45) is 1.34. The lowest BCUT2D eigenvalue weighted by Crippen LogP contribution is -2.60. The van der Waals surface area contributed by atoms with Crippen molar-refractivity contribution in [1.29, 1.82) is 0 Å². The molecule has 0 unspecified atom stereocenters. The molecule has 39 heteroatoms. The Balaban J connectivity index is -0.0000194. The first-order valence-electron chi connectivity index (χ1n) is 34.1. The summed E-state index contributed by atoms with van der Waals surface area (Å²) in [5, 5.41) is 46.4. The SMILES string of the molecule is C.CC(=O)O.CC(C)C[C@H](NC(=O)[C@H](C)NC(=O)[C@H](CCCCN)NC(=O)[C@H](CCCCN)NC(=O)[C@@H](N)CCCCN)C(=O)N[C@@H](CC(N)=O)C(=O)N[C@@H](CCCN=C(N)N)C(=O)N[C@@H](CCC(N)=O)C(=O)N[C@@H](CC(C)C)C(=O)NCC(=O)N[C@H](C(=O)N[C@@H](C)C(=O)N[C@@H](C)C(=O)O)C(C)C. The monoisotopic (exact) mass is 1470 g/mol. The van der Waals surface area contributed by atoms with Gasteiger partial charge >= 0.3 is 5.97 Å². The molecule has 39 nitrogen and oxygen atoms in total. The van der Waals surface area contributed by atoms with Gasteiger partial charge in [-0.2, -0.15) is 0 Å². The van der Waals surface area contributed by atoms with Crippen LogP contribution in [-0.4, -0.2) is 216 Å². The second-order valence-electron chi connectivity index (χ2n) is 25.8. The van der Waals surface area contributed by atoms with E-state index in [2.05, 4.69) is 68.8 Å². The Morgan fingerprint density at radius 2 is 0.738 bits per heavy atom. The Labute approximate surface area is 602 Å². The predicted molar refractivity (Wildman–Crippen MR) is 382 cm³/mol. The summed E-state index contributed by atoms with van der Waals surface area (Å²) >= 11 is 0. The number of nitrogens with zero attached hydrogens (tertiary/aromatic N) is 1. The molecule has 30 N–H and O–H groups in total. The number of aliphatic carboxylic acids is 2. The normalized spacial score (nSPS) is 14.3. The van der Waals surface area contributed by atoms with Crippen molar-refractivity contribution in [2.75, 3.05) is 32.7 Å². The summed E-state index contributed by atoms with van der Waals surface area (Å²) in [5.74, 6) is -16.2. The van der Waals surface area contributed by atoms with Gasteiger partial charge in [0.15, 0.2) is 5.96 Å². The lowest BCUT2D eigenvalue weighted by molar-refractivity contribution is -0.141. The van der Waals surface area contributed by atoms with E-state index >= 15 is 0 Å². The Bertz CT molecular complexity index is 2790. The molecule has 14 amide bonds. The number of carbonyl (C=O) groups excluding carboxylic acids is 14. The van der Waals surface area contributed by atoms with Gasteiger partial charge in [-0.05, 0) is 142 Å². The van der Waals surface area contributed by atoms with E-state index in [9.17, 15) is 71.9 Å². The van der Waals surface area contributed by atoms with Gasteiger partial charge < -0.3 is 120 Å². The lowest BCUT2D eigenvalue weighted by Gasteiger charge is -2.28. The summed E-state index contributed by atoms with van der Waals surface area (Å²) in [5.41, 5.74) is 45.2. The Morgan fingerprint density at radius 3 is 1.16 bits per heavy atom. The number of nitrogens with one attached hydrogen (secondary N) is 12. The van der Waals surface area contributed by atoms with Crippen LogP contribution in [0.15, 0.2) is 4.99 Å². The first-order valence-corrected chi connectivity index (χ1v) is 34.1. The molecular weight excluding hydrogens is 1350 g/mol. The molecule has 0 aliphatic carbocycles. The molecule has 0 aromatic heterocycles. The molecule has 0 saturated carbocycles. The number of amides is 14. The minimum Gasteiger partial charge on any atom is -0.481 e. The molecule has 0 radical (unpaired) electrons. The maximum atomic E-state index is 14.4. The molecule has 0 rings (SSSR count). The van der Waals surface area contributed by atoms with Gasteiger partial charge in [0.2, 0.25) is 82.7 Å². The number of primary amides is 2. The van der Waals surface area contributed by atoms with Gasteiger partial charge in [0.05, 0.1) is 19.0 Å². The molecule has 0 aromatic rings. The number of hydrogen-bond acceptors (Lipinski definition) is 21. The summed E-state index contributed by atoms with van der Waals surface area (Å²) in [6.45, 7) is 15.1. The quantitative estimate of drug-likeness (QED) is 0.0153. The van der Waals surface area contributed by atoms with Gasteiger partial charge in [-0.15, -0.1) is 0 Å². The largest absolute Gasteiger partial charge is 0.481 e. The molecule has 0 bridgehead atoms. The Kier molecular flexibility index (Phi) is 50.8. The first-order chi connectivity index (χ1) is 47.6. The van der Waals surface area contributed by atoms with Crippen molar-refractivity contribution in [3.05, 3.63) is 0 Å². The second kappa shape index (κ2) is 53.4. The van der Waals surface area contributed by atoms with E-state index in [0.717, 1.165) is 6.92 Å². The van der Waals surface area contributed by atoms with Crippen molar-refractivity contribution in [2.45, 2.75) is 252 Å². The minimum atomic E-state index is -1.83. The molecule has 0 fully saturated rings. The van der Waals surface area contributed by atoms with Crippen molar-refractivity contribution in [3.63, 3.8) is 0 Å². The average molecular weight is 1470 g/mol. The van der Waals surface area contributed by atoms with E-state index in [1.807, 2.05) is 0 Å². The zero-order valence-corrected chi connectivity index (χ0v) is 60.5. The maximum absolute atomic E-state index is 14.4. The molecule has 0 spiro atoms. The van der Waals surface area contributed by atoms with E-state index in [1.54, 1.807) is 41.5 Å². The molecule has 590 valence electrons. The van der Waals surface area contributed by atoms with Gasteiger partial charge in [-0.3, -0.25) is 81.7 Å². The highest BCUT2D eigenvalue weighted by Gasteiger charge is 2.36. The van der Waals surface area contributed by atoms with Crippen LogP contribution in [0.2, 0.25) is 0 Å². The number of guanidine groups is 1. The topological polar surface area (TPSA) is 678 Å². The number of aliphatic imine (C=N–C) groups is 1. The van der Waals surface area contributed by atoms with Crippen molar-refractivity contribution >= 4 is 101 Å². The third kappa shape index (κ3) is 44.6. The van der Waals surface area contributed by atoms with Crippen molar-refractivity contribution in [3.8, 4) is 0 Å². The summed E-state index contributed by atoms with van der Waals surface area (Å²) in [7, 11) is 0. The number of rotatable bonds is 51. The zero-order chi connectivity index (χ0) is 78.5. The fourth-order valence-corrected chi connectivity index (χ4v) is 9.44. The predicted octanol–water partition coefficient (Wildman–Crippen LogP) is -6.04. The molecule has 0 aliphatic heterocycles. The third-order valence-corrected chi connectivity index (χ3v) is 15.0. The highest BCUT2D eigenvalue weighted by Crippen LogP contribution is 2.13. The highest BCUT2D eigenvalue weighted by atomic mass is 16.4. The van der Waals surface area contributed by atoms with Crippen LogP contribution < -0.4 is 110 Å². The summed E-state index contributed by atoms with van der Waals surface area (Å²) in [4.78, 5) is 213. The number of carboxylic acids is 2. The van der Waals surface area contributed by atoms with Crippen LogP contribution in [0.3, 0.4) is 0 Å². The molecule has 0 heterocycles. The molecule has 0 aromatic carbocycles. The van der Waals surface area contributed by atoms with Crippen LogP contribution in [0, 0.1) is 17.8 Å². The highest BCUT2D eigenvalue weighted by molar-refractivity contribution is 6.00. The van der Waals surface area contributed by atoms with E-state index in [0.29, 0.717) is 58.0 Å². The lowest BCUT2D eigenvalue weighted by atomic mass is 10.0. The van der Waals surface area contributed by atoms with Crippen LogP contribution >= 0.6 is 0 Å². The van der Waals surface area contributed by atoms with E-state index in [-0.39, 0.29) is 76.8 Å². The number of hydrogen-bond donors (Lipinski definition) is 22. The van der Waals surface area contributed by atoms with E-state index in [4.69, 9.17) is 60.9 Å². The van der Waals surface area contributed by atoms with Crippen LogP contribution in [0.4, 0.5) is 0 Å². The molecule has 12 atom stereocenters. The number of nitrogens with two attached hydrogens (primary N) is 8. The van der Waals surface area contributed by atoms with Crippen LogP contribution in [-0.2, 0) is 76.7 Å².